The van der Waals surface area contributed by atoms with Crippen molar-refractivity contribution in [3.8, 4) is 0 Å². The molecule has 2 aromatic rings. The van der Waals surface area contributed by atoms with Crippen LogP contribution in [0.4, 0.5) is 17.1 Å². The minimum Gasteiger partial charge on any atom is -0.355 e. The Labute approximate surface area is 148 Å². The van der Waals surface area contributed by atoms with E-state index < -0.39 is 0 Å². The van der Waals surface area contributed by atoms with E-state index in [9.17, 15) is 0 Å². The van der Waals surface area contributed by atoms with Gasteiger partial charge in [0.05, 0.1) is 11.4 Å². The number of nitrogens with zero attached hydrogens (tertiary/aromatic N) is 2. The molecule has 2 N–H and O–H groups in total. The number of fused-ring (bicyclic) bond motifs is 2. The van der Waals surface area contributed by atoms with Crippen LogP contribution in [0.1, 0.15) is 19.4 Å². The molecule has 3 rings (SSSR count). The molecule has 0 radical (unpaired) electrons. The maximum atomic E-state index is 6.27. The highest BCUT2D eigenvalue weighted by atomic mass is 35.5. The minimum absolute atomic E-state index is 0.719. The van der Waals surface area contributed by atoms with Crippen LogP contribution >= 0.6 is 11.6 Å². The lowest BCUT2D eigenvalue weighted by Crippen LogP contribution is -2.37. The molecule has 0 aromatic heterocycles. The Morgan fingerprint density at radius 1 is 1.12 bits per heavy atom. The first kappa shape index (κ1) is 16.8. The highest BCUT2D eigenvalue weighted by Crippen LogP contribution is 2.35. The molecule has 4 nitrogen and oxygen atoms in total. The Morgan fingerprint density at radius 3 is 2.75 bits per heavy atom. The van der Waals surface area contributed by atoms with Crippen molar-refractivity contribution in [2.24, 2.45) is 4.99 Å². The van der Waals surface area contributed by atoms with Crippen LogP contribution in [0.25, 0.3) is 0 Å². The van der Waals surface area contributed by atoms with E-state index in [1.165, 1.54) is 0 Å². The summed E-state index contributed by atoms with van der Waals surface area (Å²) in [7, 11) is 0. The highest BCUT2D eigenvalue weighted by molar-refractivity contribution is 6.31. The molecule has 0 saturated heterocycles. The van der Waals surface area contributed by atoms with Crippen LogP contribution in [0, 0.1) is 0 Å². The van der Waals surface area contributed by atoms with Crippen LogP contribution in [0.3, 0.4) is 0 Å². The molecule has 0 saturated carbocycles. The fourth-order valence-electron chi connectivity index (χ4n) is 2.85. The van der Waals surface area contributed by atoms with Crippen LogP contribution < -0.4 is 10.6 Å². The summed E-state index contributed by atoms with van der Waals surface area (Å²) in [6.07, 6.45) is 0. The fourth-order valence-corrected chi connectivity index (χ4v) is 3.02. The second-order valence-corrected chi connectivity index (χ2v) is 6.14. The molecule has 0 amide bonds. The Hall–Kier alpha value is -2.04. The van der Waals surface area contributed by atoms with Gasteiger partial charge < -0.3 is 15.5 Å². The maximum Gasteiger partial charge on any atom is 0.138 e. The van der Waals surface area contributed by atoms with Crippen LogP contribution in [0.5, 0.6) is 0 Å². The van der Waals surface area contributed by atoms with Crippen molar-refractivity contribution in [2.45, 2.75) is 13.8 Å². The molecule has 0 fully saturated rings. The summed E-state index contributed by atoms with van der Waals surface area (Å²) in [6, 6.07) is 14.0. The van der Waals surface area contributed by atoms with Gasteiger partial charge in [0, 0.05) is 35.9 Å². The standard InChI is InChI=1S/C19H23ClN4/c1-3-21-11-12-24(4-2)19-15-13-14(20)9-10-16(15)22-17-7-5-6-8-18(17)23-19/h5-10,13,21-22H,3-4,11-12H2,1-2H3. The summed E-state index contributed by atoms with van der Waals surface area (Å²) >= 11 is 6.27. The summed E-state index contributed by atoms with van der Waals surface area (Å²) in [5, 5.41) is 7.59. The van der Waals surface area contributed by atoms with E-state index in [0.29, 0.717) is 0 Å². The third-order valence-corrected chi connectivity index (χ3v) is 4.35. The van der Waals surface area contributed by atoms with Gasteiger partial charge in [0.15, 0.2) is 0 Å². The van der Waals surface area contributed by atoms with Gasteiger partial charge in [-0.1, -0.05) is 30.7 Å². The maximum absolute atomic E-state index is 6.27. The number of halogens is 1. The third-order valence-electron chi connectivity index (χ3n) is 4.11. The summed E-state index contributed by atoms with van der Waals surface area (Å²) in [6.45, 7) is 7.96. The fraction of sp³-hybridized carbons (Fsp3) is 0.316. The number of nitrogens with one attached hydrogen (secondary N) is 2. The zero-order valence-electron chi connectivity index (χ0n) is 14.1. The predicted molar refractivity (Wildman–Crippen MR) is 103 cm³/mol. The van der Waals surface area contributed by atoms with Gasteiger partial charge in [-0.05, 0) is 43.8 Å². The van der Waals surface area contributed by atoms with Gasteiger partial charge in [0.1, 0.15) is 5.84 Å². The van der Waals surface area contributed by atoms with Crippen molar-refractivity contribution in [1.82, 2.24) is 10.2 Å². The molecule has 24 heavy (non-hydrogen) atoms. The van der Waals surface area contributed by atoms with Crippen molar-refractivity contribution in [3.63, 3.8) is 0 Å². The summed E-state index contributed by atoms with van der Waals surface area (Å²) in [4.78, 5) is 7.26. The SMILES string of the molecule is CCNCCN(CC)C1=Nc2ccccc2Nc2ccc(Cl)cc21. The van der Waals surface area contributed by atoms with Crippen molar-refractivity contribution in [2.75, 3.05) is 31.5 Å². The second-order valence-electron chi connectivity index (χ2n) is 5.70. The molecule has 126 valence electrons. The Morgan fingerprint density at radius 2 is 1.96 bits per heavy atom. The molecule has 0 unspecified atom stereocenters. The average molecular weight is 343 g/mol. The van der Waals surface area contributed by atoms with Crippen LogP contribution in [-0.4, -0.2) is 36.9 Å². The first-order valence-corrected chi connectivity index (χ1v) is 8.81. The Balaban J connectivity index is 2.06. The predicted octanol–water partition coefficient (Wildman–Crippen LogP) is 4.41. The lowest BCUT2D eigenvalue weighted by Gasteiger charge is -2.25. The first-order valence-electron chi connectivity index (χ1n) is 8.43. The normalized spacial score (nSPS) is 12.5. The van der Waals surface area contributed by atoms with Crippen molar-refractivity contribution < 1.29 is 0 Å². The quantitative estimate of drug-likeness (QED) is 0.791. The lowest BCUT2D eigenvalue weighted by molar-refractivity contribution is 0.433. The molecule has 0 bridgehead atoms. The number of para-hydroxylation sites is 2. The van der Waals surface area contributed by atoms with Gasteiger partial charge in [-0.15, -0.1) is 0 Å². The zero-order valence-corrected chi connectivity index (χ0v) is 14.9. The Kier molecular flexibility index (Phi) is 5.38. The molecule has 0 atom stereocenters. The van der Waals surface area contributed by atoms with E-state index in [0.717, 1.165) is 59.7 Å². The lowest BCUT2D eigenvalue weighted by atomic mass is 10.1. The molecular formula is C19H23ClN4. The van der Waals surface area contributed by atoms with E-state index in [2.05, 4.69) is 35.4 Å². The average Bonchev–Trinajstić information content (AvgIpc) is 2.75. The topological polar surface area (TPSA) is 39.7 Å². The van der Waals surface area contributed by atoms with Crippen molar-refractivity contribution in [1.29, 1.82) is 0 Å². The summed E-state index contributed by atoms with van der Waals surface area (Å²) in [5.74, 6) is 0.963. The number of rotatable bonds is 5. The summed E-state index contributed by atoms with van der Waals surface area (Å²) in [5.41, 5.74) is 4.03. The van der Waals surface area contributed by atoms with E-state index in [1.54, 1.807) is 0 Å². The number of benzene rings is 2. The van der Waals surface area contributed by atoms with Gasteiger partial charge in [-0.3, -0.25) is 0 Å². The number of hydrogen-bond donors (Lipinski definition) is 2. The monoisotopic (exact) mass is 342 g/mol. The van der Waals surface area contributed by atoms with Gasteiger partial charge in [0.25, 0.3) is 0 Å². The molecular weight excluding hydrogens is 320 g/mol. The molecule has 1 heterocycles. The third kappa shape index (κ3) is 3.55. The van der Waals surface area contributed by atoms with E-state index in [4.69, 9.17) is 16.6 Å². The van der Waals surface area contributed by atoms with Crippen molar-refractivity contribution in [3.05, 3.63) is 53.1 Å². The molecule has 0 spiro atoms. The van der Waals surface area contributed by atoms with Crippen molar-refractivity contribution >= 4 is 34.5 Å². The first-order chi connectivity index (χ1) is 11.7. The number of amidine groups is 1. The number of aliphatic imine (C=N–C) groups is 1. The van der Waals surface area contributed by atoms with Crippen LogP contribution in [0.15, 0.2) is 47.5 Å². The van der Waals surface area contributed by atoms with Gasteiger partial charge in [0.2, 0.25) is 0 Å². The molecule has 1 aliphatic rings. The minimum atomic E-state index is 0.719. The number of likely N-dealkylation sites (N-methyl/N-ethyl adjacent to an activating group) is 2. The number of hydrogen-bond acceptors (Lipinski definition) is 4. The smallest absolute Gasteiger partial charge is 0.138 e. The van der Waals surface area contributed by atoms with E-state index >= 15 is 0 Å². The van der Waals surface area contributed by atoms with Crippen LogP contribution in [0.2, 0.25) is 5.02 Å². The van der Waals surface area contributed by atoms with E-state index in [-0.39, 0.29) is 0 Å². The number of anilines is 2. The molecule has 2 aromatic carbocycles. The molecule has 1 aliphatic heterocycles. The zero-order chi connectivity index (χ0) is 16.9. The van der Waals surface area contributed by atoms with Gasteiger partial charge in [-0.25, -0.2) is 4.99 Å². The van der Waals surface area contributed by atoms with Gasteiger partial charge >= 0.3 is 0 Å². The highest BCUT2D eigenvalue weighted by Gasteiger charge is 2.20. The Bertz CT molecular complexity index is 742. The van der Waals surface area contributed by atoms with Gasteiger partial charge in [-0.2, -0.15) is 0 Å². The van der Waals surface area contributed by atoms with E-state index in [1.807, 2.05) is 36.4 Å². The second kappa shape index (κ2) is 7.69. The largest absolute Gasteiger partial charge is 0.355 e. The molecule has 5 heteroatoms. The van der Waals surface area contributed by atoms with Crippen LogP contribution in [-0.2, 0) is 0 Å². The summed E-state index contributed by atoms with van der Waals surface area (Å²) < 4.78 is 0. The molecule has 0 aliphatic carbocycles.